The Morgan fingerprint density at radius 3 is 2.76 bits per heavy atom. The van der Waals surface area contributed by atoms with Crippen LogP contribution in [0.25, 0.3) is 0 Å². The minimum atomic E-state index is 0.611. The fourth-order valence-corrected chi connectivity index (χ4v) is 2.41. The van der Waals surface area contributed by atoms with Crippen molar-refractivity contribution in [1.29, 1.82) is 0 Å². The predicted octanol–water partition coefficient (Wildman–Crippen LogP) is 1.72. The molecular weight excluding hydrogens is 212 g/mol. The third kappa shape index (κ3) is 2.57. The molecule has 1 aromatic heterocycles. The van der Waals surface area contributed by atoms with Gasteiger partial charge in [-0.2, -0.15) is 5.10 Å². The maximum Gasteiger partial charge on any atom is 0.151 e. The number of anilines is 1. The van der Waals surface area contributed by atoms with E-state index in [0.29, 0.717) is 6.04 Å². The highest BCUT2D eigenvalue weighted by Crippen LogP contribution is 2.23. The molecule has 4 nitrogen and oxygen atoms in total. The van der Waals surface area contributed by atoms with E-state index < -0.39 is 0 Å². The molecule has 92 valence electrons. The fraction of sp³-hybridized carbons (Fsp3) is 0.692. The largest absolute Gasteiger partial charge is 0.352 e. The standard InChI is InChI=1S/C13H20N4/c1-10-3-2-8-17(10)13-7-6-12(15-16-13)9-14-11-4-5-11/h6-7,10-11,14H,2-5,8-9H2,1H3. The second kappa shape index (κ2) is 4.61. The van der Waals surface area contributed by atoms with Gasteiger partial charge in [-0.1, -0.05) is 0 Å². The second-order valence-corrected chi connectivity index (χ2v) is 5.22. The van der Waals surface area contributed by atoms with Crippen LogP contribution in [-0.2, 0) is 6.54 Å². The summed E-state index contributed by atoms with van der Waals surface area (Å²) in [5, 5.41) is 12.1. The molecule has 0 aromatic carbocycles. The van der Waals surface area contributed by atoms with Crippen LogP contribution in [0.3, 0.4) is 0 Å². The van der Waals surface area contributed by atoms with E-state index in [1.807, 2.05) is 0 Å². The average molecular weight is 232 g/mol. The Labute approximate surface area is 102 Å². The Hall–Kier alpha value is -1.16. The Balaban J connectivity index is 1.62. The van der Waals surface area contributed by atoms with Crippen LogP contribution < -0.4 is 10.2 Å². The molecule has 2 heterocycles. The third-order valence-corrected chi connectivity index (χ3v) is 3.70. The molecule has 1 aliphatic carbocycles. The molecule has 4 heteroatoms. The highest BCUT2D eigenvalue weighted by molar-refractivity contribution is 5.39. The Morgan fingerprint density at radius 2 is 2.18 bits per heavy atom. The number of rotatable bonds is 4. The van der Waals surface area contributed by atoms with Crippen molar-refractivity contribution in [2.75, 3.05) is 11.4 Å². The average Bonchev–Trinajstić information content (AvgIpc) is 3.09. The minimum absolute atomic E-state index is 0.611. The van der Waals surface area contributed by atoms with Crippen LogP contribution >= 0.6 is 0 Å². The third-order valence-electron chi connectivity index (χ3n) is 3.70. The van der Waals surface area contributed by atoms with Crippen LogP contribution in [0.2, 0.25) is 0 Å². The van der Waals surface area contributed by atoms with Gasteiger partial charge in [0, 0.05) is 25.2 Å². The predicted molar refractivity (Wildman–Crippen MR) is 67.9 cm³/mol. The van der Waals surface area contributed by atoms with E-state index in [9.17, 15) is 0 Å². The molecule has 1 saturated carbocycles. The van der Waals surface area contributed by atoms with Gasteiger partial charge in [-0.3, -0.25) is 0 Å². The molecule has 1 N–H and O–H groups in total. The molecule has 1 saturated heterocycles. The van der Waals surface area contributed by atoms with E-state index in [2.05, 4.69) is 39.5 Å². The smallest absolute Gasteiger partial charge is 0.151 e. The van der Waals surface area contributed by atoms with Crippen LogP contribution in [0.1, 0.15) is 38.3 Å². The van der Waals surface area contributed by atoms with Gasteiger partial charge in [0.15, 0.2) is 5.82 Å². The maximum absolute atomic E-state index is 4.35. The van der Waals surface area contributed by atoms with E-state index >= 15 is 0 Å². The van der Waals surface area contributed by atoms with Crippen molar-refractivity contribution in [3.05, 3.63) is 17.8 Å². The number of hydrogen-bond donors (Lipinski definition) is 1. The lowest BCUT2D eigenvalue weighted by atomic mass is 10.2. The van der Waals surface area contributed by atoms with Gasteiger partial charge in [-0.05, 0) is 44.7 Å². The normalized spacial score (nSPS) is 24.3. The van der Waals surface area contributed by atoms with Crippen molar-refractivity contribution in [3.63, 3.8) is 0 Å². The molecule has 3 rings (SSSR count). The summed E-state index contributed by atoms with van der Waals surface area (Å²) < 4.78 is 0. The van der Waals surface area contributed by atoms with Crippen molar-refractivity contribution in [2.45, 2.75) is 51.2 Å². The monoisotopic (exact) mass is 232 g/mol. The van der Waals surface area contributed by atoms with Gasteiger partial charge in [0.25, 0.3) is 0 Å². The van der Waals surface area contributed by atoms with Gasteiger partial charge in [-0.25, -0.2) is 0 Å². The highest BCUT2D eigenvalue weighted by atomic mass is 15.3. The zero-order chi connectivity index (χ0) is 11.7. The minimum Gasteiger partial charge on any atom is -0.352 e. The number of nitrogens with zero attached hydrogens (tertiary/aromatic N) is 3. The molecule has 2 fully saturated rings. The zero-order valence-corrected chi connectivity index (χ0v) is 10.4. The zero-order valence-electron chi connectivity index (χ0n) is 10.4. The molecule has 0 bridgehead atoms. The first-order valence-corrected chi connectivity index (χ1v) is 6.65. The van der Waals surface area contributed by atoms with Gasteiger partial charge in [0.05, 0.1) is 5.69 Å². The van der Waals surface area contributed by atoms with Crippen LogP contribution in [0.4, 0.5) is 5.82 Å². The lowest BCUT2D eigenvalue weighted by Gasteiger charge is -2.21. The van der Waals surface area contributed by atoms with Crippen molar-refractivity contribution < 1.29 is 0 Å². The summed E-state index contributed by atoms with van der Waals surface area (Å²) in [4.78, 5) is 2.35. The topological polar surface area (TPSA) is 41.0 Å². The quantitative estimate of drug-likeness (QED) is 0.858. The van der Waals surface area contributed by atoms with Gasteiger partial charge < -0.3 is 10.2 Å². The SMILES string of the molecule is CC1CCCN1c1ccc(CNC2CC2)nn1. The Morgan fingerprint density at radius 1 is 1.29 bits per heavy atom. The molecular formula is C13H20N4. The first kappa shape index (κ1) is 11.0. The van der Waals surface area contributed by atoms with Crippen LogP contribution in [0.15, 0.2) is 12.1 Å². The van der Waals surface area contributed by atoms with Gasteiger partial charge in [0.2, 0.25) is 0 Å². The first-order valence-electron chi connectivity index (χ1n) is 6.65. The first-order chi connectivity index (χ1) is 8.33. The number of nitrogens with one attached hydrogen (secondary N) is 1. The van der Waals surface area contributed by atoms with Crippen molar-refractivity contribution in [2.24, 2.45) is 0 Å². The molecule has 1 aromatic rings. The second-order valence-electron chi connectivity index (χ2n) is 5.22. The van der Waals surface area contributed by atoms with Crippen molar-refractivity contribution in [1.82, 2.24) is 15.5 Å². The van der Waals surface area contributed by atoms with Crippen LogP contribution in [0.5, 0.6) is 0 Å². The van der Waals surface area contributed by atoms with E-state index in [0.717, 1.165) is 30.6 Å². The maximum atomic E-state index is 4.35. The molecule has 0 spiro atoms. The van der Waals surface area contributed by atoms with Crippen LogP contribution in [-0.4, -0.2) is 28.8 Å². The lowest BCUT2D eigenvalue weighted by Crippen LogP contribution is -2.27. The summed E-state index contributed by atoms with van der Waals surface area (Å²) in [5.41, 5.74) is 1.05. The van der Waals surface area contributed by atoms with E-state index in [1.54, 1.807) is 0 Å². The Bertz CT molecular complexity index is 372. The van der Waals surface area contributed by atoms with E-state index in [1.165, 1.54) is 25.7 Å². The van der Waals surface area contributed by atoms with Crippen molar-refractivity contribution in [3.8, 4) is 0 Å². The van der Waals surface area contributed by atoms with Crippen LogP contribution in [0, 0.1) is 0 Å². The molecule has 1 atom stereocenters. The van der Waals surface area contributed by atoms with E-state index in [-0.39, 0.29) is 0 Å². The lowest BCUT2D eigenvalue weighted by molar-refractivity contribution is 0.661. The van der Waals surface area contributed by atoms with Gasteiger partial charge >= 0.3 is 0 Å². The summed E-state index contributed by atoms with van der Waals surface area (Å²) in [6.07, 6.45) is 5.17. The summed E-state index contributed by atoms with van der Waals surface area (Å²) in [7, 11) is 0. The van der Waals surface area contributed by atoms with Gasteiger partial charge in [0.1, 0.15) is 0 Å². The number of hydrogen-bond acceptors (Lipinski definition) is 4. The molecule has 0 radical (unpaired) electrons. The fourth-order valence-electron chi connectivity index (χ4n) is 2.41. The highest BCUT2D eigenvalue weighted by Gasteiger charge is 2.22. The van der Waals surface area contributed by atoms with E-state index in [4.69, 9.17) is 0 Å². The van der Waals surface area contributed by atoms with Crippen molar-refractivity contribution >= 4 is 5.82 Å². The Kier molecular flexibility index (Phi) is 2.97. The summed E-state index contributed by atoms with van der Waals surface area (Å²) in [6, 6.07) is 5.55. The molecule has 1 aliphatic heterocycles. The molecule has 17 heavy (non-hydrogen) atoms. The summed E-state index contributed by atoms with van der Waals surface area (Å²) in [6.45, 7) is 4.24. The summed E-state index contributed by atoms with van der Waals surface area (Å²) in [5.74, 6) is 1.03. The molecule has 1 unspecified atom stereocenters. The number of aromatic nitrogens is 2. The molecule has 0 amide bonds. The molecule has 2 aliphatic rings. The summed E-state index contributed by atoms with van der Waals surface area (Å²) >= 11 is 0. The van der Waals surface area contributed by atoms with Gasteiger partial charge in [-0.15, -0.1) is 5.10 Å².